The van der Waals surface area contributed by atoms with Crippen molar-refractivity contribution in [2.24, 2.45) is 0 Å². The number of H-pyrrole nitrogens is 1. The Kier molecular flexibility index (Phi) is 1.67. The minimum atomic E-state index is 0.842. The molecule has 1 aromatic heterocycles. The summed E-state index contributed by atoms with van der Waals surface area (Å²) in [5, 5.41) is 6.90. The second kappa shape index (κ2) is 2.81. The number of benzene rings is 1. The molecule has 2 rings (SSSR count). The van der Waals surface area contributed by atoms with Crippen LogP contribution in [0.25, 0.3) is 11.3 Å². The maximum Gasteiger partial charge on any atom is 0.0923 e. The molecule has 0 bridgehead atoms. The third kappa shape index (κ3) is 1.23. The van der Waals surface area contributed by atoms with Crippen molar-refractivity contribution in [2.45, 2.75) is 0 Å². The van der Waals surface area contributed by atoms with E-state index in [0.29, 0.717) is 0 Å². The normalized spacial score (nSPS) is 10.1. The van der Waals surface area contributed by atoms with Gasteiger partial charge in [-0.2, -0.15) is 5.10 Å². The van der Waals surface area contributed by atoms with E-state index < -0.39 is 0 Å². The summed E-state index contributed by atoms with van der Waals surface area (Å²) >= 11 is 0. The van der Waals surface area contributed by atoms with Crippen LogP contribution in [0, 0.1) is 6.92 Å². The average molecular weight is 157 g/mol. The fourth-order valence-electron chi connectivity index (χ4n) is 1.12. The molecule has 12 heavy (non-hydrogen) atoms. The van der Waals surface area contributed by atoms with Gasteiger partial charge in [-0.25, -0.2) is 0 Å². The zero-order valence-electron chi connectivity index (χ0n) is 6.62. The topological polar surface area (TPSA) is 28.7 Å². The molecule has 0 saturated carbocycles. The van der Waals surface area contributed by atoms with Crippen molar-refractivity contribution in [3.63, 3.8) is 0 Å². The van der Waals surface area contributed by atoms with Crippen LogP contribution < -0.4 is 0 Å². The fraction of sp³-hybridized carbons (Fsp3) is 0. The van der Waals surface area contributed by atoms with Gasteiger partial charge in [-0.15, -0.1) is 0 Å². The number of nitrogens with one attached hydrogen (secondary N) is 1. The predicted octanol–water partition coefficient (Wildman–Crippen LogP) is 2.26. The van der Waals surface area contributed by atoms with Crippen LogP contribution in [0.3, 0.4) is 0 Å². The number of aromatic amines is 1. The highest BCUT2D eigenvalue weighted by molar-refractivity contribution is 5.58. The van der Waals surface area contributed by atoms with Crippen LogP contribution in [0.15, 0.2) is 36.4 Å². The highest BCUT2D eigenvalue weighted by atomic mass is 15.1. The lowest BCUT2D eigenvalue weighted by molar-refractivity contribution is 1.07. The van der Waals surface area contributed by atoms with E-state index in [1.807, 2.05) is 36.4 Å². The third-order valence-electron chi connectivity index (χ3n) is 1.70. The van der Waals surface area contributed by atoms with Crippen molar-refractivity contribution in [1.82, 2.24) is 10.2 Å². The maximum atomic E-state index is 4.10. The van der Waals surface area contributed by atoms with Gasteiger partial charge in [0, 0.05) is 11.3 Å². The summed E-state index contributed by atoms with van der Waals surface area (Å²) in [7, 11) is 0. The van der Waals surface area contributed by atoms with Gasteiger partial charge in [-0.1, -0.05) is 30.3 Å². The van der Waals surface area contributed by atoms with Gasteiger partial charge in [0.15, 0.2) is 0 Å². The van der Waals surface area contributed by atoms with Crippen molar-refractivity contribution in [3.05, 3.63) is 49.0 Å². The van der Waals surface area contributed by atoms with E-state index in [1.165, 1.54) is 0 Å². The van der Waals surface area contributed by atoms with Gasteiger partial charge in [0.2, 0.25) is 0 Å². The largest absolute Gasteiger partial charge is 0.282 e. The van der Waals surface area contributed by atoms with Gasteiger partial charge in [-0.3, -0.25) is 5.10 Å². The van der Waals surface area contributed by atoms with Crippen LogP contribution in [0.4, 0.5) is 0 Å². The van der Waals surface area contributed by atoms with E-state index in [9.17, 15) is 0 Å². The zero-order valence-corrected chi connectivity index (χ0v) is 6.62. The first-order chi connectivity index (χ1) is 5.86. The predicted molar refractivity (Wildman–Crippen MR) is 48.5 cm³/mol. The number of nitrogens with zero attached hydrogens (tertiary/aromatic N) is 1. The molecule has 2 aromatic rings. The first kappa shape index (κ1) is 7.10. The lowest BCUT2D eigenvalue weighted by atomic mass is 10.1. The molecule has 1 heterocycles. The van der Waals surface area contributed by atoms with Crippen molar-refractivity contribution in [2.75, 3.05) is 0 Å². The number of rotatable bonds is 1. The van der Waals surface area contributed by atoms with Crippen molar-refractivity contribution in [1.29, 1.82) is 0 Å². The second-order valence-corrected chi connectivity index (χ2v) is 2.64. The lowest BCUT2D eigenvalue weighted by Crippen LogP contribution is -1.75. The van der Waals surface area contributed by atoms with Gasteiger partial charge in [-0.05, 0) is 13.0 Å². The van der Waals surface area contributed by atoms with Crippen LogP contribution in [0.2, 0.25) is 0 Å². The molecule has 59 valence electrons. The highest BCUT2D eigenvalue weighted by Gasteiger charge is 1.98. The van der Waals surface area contributed by atoms with E-state index in [0.717, 1.165) is 17.0 Å². The van der Waals surface area contributed by atoms with Gasteiger partial charge < -0.3 is 0 Å². The molecule has 2 nitrogen and oxygen atoms in total. The first-order valence-corrected chi connectivity index (χ1v) is 3.79. The molecule has 0 saturated heterocycles. The highest BCUT2D eigenvalue weighted by Crippen LogP contribution is 2.15. The molecule has 0 amide bonds. The Bertz CT molecular complexity index is 362. The smallest absolute Gasteiger partial charge is 0.0923 e. The third-order valence-corrected chi connectivity index (χ3v) is 1.70. The Labute approximate surface area is 71.3 Å². The summed E-state index contributed by atoms with van der Waals surface area (Å²) in [5.41, 5.74) is 2.90. The molecule has 2 heteroatoms. The molecule has 0 atom stereocenters. The molecule has 0 fully saturated rings. The Balaban J connectivity index is 2.45. The van der Waals surface area contributed by atoms with Crippen LogP contribution in [0.5, 0.6) is 0 Å². The maximum absolute atomic E-state index is 4.10. The molecule has 0 unspecified atom stereocenters. The van der Waals surface area contributed by atoms with Gasteiger partial charge in [0.1, 0.15) is 0 Å². The molecular weight excluding hydrogens is 148 g/mol. The molecular formula is C10H9N2. The molecule has 1 N–H and O–H groups in total. The van der Waals surface area contributed by atoms with Gasteiger partial charge in [0.25, 0.3) is 0 Å². The van der Waals surface area contributed by atoms with Crippen LogP contribution >= 0.6 is 0 Å². The zero-order chi connectivity index (χ0) is 8.39. The molecule has 0 aliphatic heterocycles. The quantitative estimate of drug-likeness (QED) is 0.675. The molecule has 0 spiro atoms. The Hall–Kier alpha value is -1.57. The summed E-state index contributed by atoms with van der Waals surface area (Å²) in [6.07, 6.45) is 0. The van der Waals surface area contributed by atoms with Gasteiger partial charge in [0.05, 0.1) is 5.69 Å². The minimum Gasteiger partial charge on any atom is -0.282 e. The van der Waals surface area contributed by atoms with Crippen LogP contribution in [-0.2, 0) is 0 Å². The molecule has 0 aliphatic carbocycles. The lowest BCUT2D eigenvalue weighted by Gasteiger charge is -1.92. The van der Waals surface area contributed by atoms with Crippen molar-refractivity contribution in [3.8, 4) is 11.3 Å². The van der Waals surface area contributed by atoms with E-state index in [4.69, 9.17) is 0 Å². The number of aromatic nitrogens is 2. The Morgan fingerprint density at radius 2 is 1.92 bits per heavy atom. The number of hydrogen-bond acceptors (Lipinski definition) is 1. The van der Waals surface area contributed by atoms with Crippen molar-refractivity contribution >= 4 is 0 Å². The summed E-state index contributed by atoms with van der Waals surface area (Å²) < 4.78 is 0. The van der Waals surface area contributed by atoms with E-state index in [1.54, 1.807) is 0 Å². The van der Waals surface area contributed by atoms with E-state index >= 15 is 0 Å². The van der Waals surface area contributed by atoms with Gasteiger partial charge >= 0.3 is 0 Å². The summed E-state index contributed by atoms with van der Waals surface area (Å²) in [6.45, 7) is 3.75. The fourth-order valence-corrected chi connectivity index (χ4v) is 1.12. The second-order valence-electron chi connectivity index (χ2n) is 2.64. The average Bonchev–Trinajstić information content (AvgIpc) is 2.54. The van der Waals surface area contributed by atoms with Crippen LogP contribution in [-0.4, -0.2) is 10.2 Å². The summed E-state index contributed by atoms with van der Waals surface area (Å²) in [4.78, 5) is 0. The molecule has 1 aromatic carbocycles. The van der Waals surface area contributed by atoms with E-state index in [2.05, 4.69) is 17.1 Å². The minimum absolute atomic E-state index is 0.842. The van der Waals surface area contributed by atoms with E-state index in [-0.39, 0.29) is 0 Å². The molecule has 0 aliphatic rings. The SMILES string of the molecule is [CH2]c1cc(-c2ccccc2)n[nH]1. The summed E-state index contributed by atoms with van der Waals surface area (Å²) in [5.74, 6) is 0. The standard InChI is InChI=1S/C10H9N2/c1-8-7-10(12-11-8)9-5-3-2-4-6-9/h2-7H,1H2,(H,11,12). The summed E-state index contributed by atoms with van der Waals surface area (Å²) in [6, 6.07) is 11.9. The molecule has 1 radical (unpaired) electrons. The monoisotopic (exact) mass is 157 g/mol. The Morgan fingerprint density at radius 3 is 2.50 bits per heavy atom. The number of hydrogen-bond donors (Lipinski definition) is 1. The van der Waals surface area contributed by atoms with Crippen molar-refractivity contribution < 1.29 is 0 Å². The Morgan fingerprint density at radius 1 is 1.17 bits per heavy atom. The first-order valence-electron chi connectivity index (χ1n) is 3.79. The van der Waals surface area contributed by atoms with Crippen LogP contribution in [0.1, 0.15) is 5.69 Å².